The Balaban J connectivity index is 1.81. The number of carbonyl (C=O) groups excluding carboxylic acids is 1. The van der Waals surface area contributed by atoms with Crippen molar-refractivity contribution < 1.29 is 24.2 Å². The molecule has 0 bridgehead atoms. The Bertz CT molecular complexity index is 707. The summed E-state index contributed by atoms with van der Waals surface area (Å²) in [5.41, 5.74) is 0. The van der Waals surface area contributed by atoms with Gasteiger partial charge in [-0.1, -0.05) is 38.2 Å². The number of allylic oxidation sites excluding steroid dienone is 4. The van der Waals surface area contributed by atoms with E-state index in [9.17, 15) is 14.7 Å². The number of ketones is 1. The molecule has 2 rings (SSSR count). The number of aliphatic carboxylic acids is 1. The van der Waals surface area contributed by atoms with Crippen molar-refractivity contribution >= 4 is 11.8 Å². The van der Waals surface area contributed by atoms with E-state index >= 15 is 0 Å². The lowest BCUT2D eigenvalue weighted by Gasteiger charge is -2.25. The third-order valence-corrected chi connectivity index (χ3v) is 6.50. The number of carboxylic acids is 1. The molecule has 0 aromatic carbocycles. The van der Waals surface area contributed by atoms with Gasteiger partial charge in [-0.25, -0.2) is 4.79 Å². The number of carbonyl (C=O) groups is 2. The van der Waals surface area contributed by atoms with Crippen LogP contribution in [-0.2, 0) is 19.1 Å². The van der Waals surface area contributed by atoms with E-state index in [0.29, 0.717) is 49.9 Å². The molecule has 5 nitrogen and oxygen atoms in total. The van der Waals surface area contributed by atoms with Gasteiger partial charge >= 0.3 is 5.97 Å². The highest BCUT2D eigenvalue weighted by molar-refractivity contribution is 5.84. The van der Waals surface area contributed by atoms with E-state index in [1.165, 1.54) is 0 Å². The van der Waals surface area contributed by atoms with Gasteiger partial charge in [0.05, 0.1) is 0 Å². The van der Waals surface area contributed by atoms with Gasteiger partial charge in [0.2, 0.25) is 0 Å². The molecule has 0 amide bonds. The SMILES string of the molecule is CC#CCCC(C)C=C[C@H]1[C@H](C)CC(=O)[C@@H]1CC=CCCC(OC1CCCCO1)C(=O)O. The molecule has 1 saturated carbocycles. The Labute approximate surface area is 193 Å². The lowest BCUT2D eigenvalue weighted by Crippen LogP contribution is -2.32. The van der Waals surface area contributed by atoms with Crippen LogP contribution >= 0.6 is 0 Å². The average Bonchev–Trinajstić information content (AvgIpc) is 3.04. The quantitative estimate of drug-likeness (QED) is 0.316. The zero-order valence-electron chi connectivity index (χ0n) is 19.9. The predicted octanol–water partition coefficient (Wildman–Crippen LogP) is 5.55. The molecule has 2 fully saturated rings. The van der Waals surface area contributed by atoms with Gasteiger partial charge in [-0.05, 0) is 69.6 Å². The van der Waals surface area contributed by atoms with Crippen molar-refractivity contribution in [2.24, 2.45) is 23.7 Å². The van der Waals surface area contributed by atoms with E-state index in [4.69, 9.17) is 9.47 Å². The number of hydrogen-bond acceptors (Lipinski definition) is 4. The normalized spacial score (nSPS) is 28.0. The molecule has 0 aromatic rings. The van der Waals surface area contributed by atoms with Gasteiger partial charge in [-0.2, -0.15) is 0 Å². The standard InChI is InChI=1S/C27H40O5/c1-4-5-7-12-20(2)16-17-22-21(3)19-24(28)23(22)13-8-6-9-14-25(27(29)30)32-26-15-10-11-18-31-26/h6,8,16-17,20-23,25-26H,7,9-15,18-19H2,1-3H3,(H,29,30)/t20?,21-,22+,23-,25?,26?/m1/s1. The van der Waals surface area contributed by atoms with Crippen molar-refractivity contribution in [2.45, 2.75) is 91.0 Å². The van der Waals surface area contributed by atoms with Crippen LogP contribution in [0.4, 0.5) is 0 Å². The second kappa shape index (κ2) is 14.3. The molecule has 5 heteroatoms. The summed E-state index contributed by atoms with van der Waals surface area (Å²) in [7, 11) is 0. The third kappa shape index (κ3) is 8.92. The van der Waals surface area contributed by atoms with E-state index in [2.05, 4.69) is 37.8 Å². The van der Waals surface area contributed by atoms with Crippen LogP contribution in [0.1, 0.15) is 78.6 Å². The summed E-state index contributed by atoms with van der Waals surface area (Å²) in [5, 5.41) is 9.44. The Morgan fingerprint density at radius 1 is 1.31 bits per heavy atom. The lowest BCUT2D eigenvalue weighted by atomic mass is 9.86. The second-order valence-electron chi connectivity index (χ2n) is 9.20. The van der Waals surface area contributed by atoms with Gasteiger partial charge in [0.25, 0.3) is 0 Å². The Hall–Kier alpha value is -1.90. The smallest absolute Gasteiger partial charge is 0.332 e. The monoisotopic (exact) mass is 444 g/mol. The van der Waals surface area contributed by atoms with Crippen LogP contribution < -0.4 is 0 Å². The fourth-order valence-electron chi connectivity index (χ4n) is 4.53. The van der Waals surface area contributed by atoms with Gasteiger partial charge in [0, 0.05) is 25.4 Å². The van der Waals surface area contributed by atoms with Crippen LogP contribution in [0.15, 0.2) is 24.3 Å². The topological polar surface area (TPSA) is 72.8 Å². The van der Waals surface area contributed by atoms with Gasteiger partial charge in [0.15, 0.2) is 12.4 Å². The number of hydrogen-bond donors (Lipinski definition) is 1. The first kappa shape index (κ1) is 26.4. The Morgan fingerprint density at radius 3 is 2.81 bits per heavy atom. The summed E-state index contributed by atoms with van der Waals surface area (Å²) in [4.78, 5) is 24.0. The van der Waals surface area contributed by atoms with Crippen molar-refractivity contribution in [1.29, 1.82) is 0 Å². The fourth-order valence-corrected chi connectivity index (χ4v) is 4.53. The van der Waals surface area contributed by atoms with E-state index in [1.807, 2.05) is 19.1 Å². The van der Waals surface area contributed by atoms with Crippen molar-refractivity contribution in [3.8, 4) is 11.8 Å². The minimum absolute atomic E-state index is 0.0160. The van der Waals surface area contributed by atoms with Crippen LogP contribution in [0.25, 0.3) is 0 Å². The summed E-state index contributed by atoms with van der Waals surface area (Å²) in [6, 6.07) is 0. The first-order chi connectivity index (χ1) is 15.4. The van der Waals surface area contributed by atoms with Crippen molar-refractivity contribution in [3.63, 3.8) is 0 Å². The van der Waals surface area contributed by atoms with Crippen LogP contribution in [-0.4, -0.2) is 35.9 Å². The molecule has 1 N–H and O–H groups in total. The van der Waals surface area contributed by atoms with E-state index < -0.39 is 18.4 Å². The third-order valence-electron chi connectivity index (χ3n) is 6.50. The van der Waals surface area contributed by atoms with Crippen LogP contribution in [0.3, 0.4) is 0 Å². The first-order valence-electron chi connectivity index (χ1n) is 12.2. The highest BCUT2D eigenvalue weighted by Gasteiger charge is 2.37. The molecule has 1 saturated heterocycles. The molecule has 2 aliphatic rings. The maximum absolute atomic E-state index is 12.5. The van der Waals surface area contributed by atoms with E-state index in [0.717, 1.165) is 32.1 Å². The molecule has 0 aromatic heterocycles. The number of carboxylic acid groups (broad SMARTS) is 1. The molecule has 1 heterocycles. The predicted molar refractivity (Wildman–Crippen MR) is 126 cm³/mol. The summed E-state index contributed by atoms with van der Waals surface area (Å²) < 4.78 is 11.1. The molecule has 1 aliphatic carbocycles. The molecule has 3 unspecified atom stereocenters. The molecule has 6 atom stereocenters. The number of Topliss-reactive ketones (excluding diaryl/α,β-unsaturated/α-hetero) is 1. The number of rotatable bonds is 12. The van der Waals surface area contributed by atoms with Crippen LogP contribution in [0, 0.1) is 35.5 Å². The molecule has 178 valence electrons. The van der Waals surface area contributed by atoms with Gasteiger partial charge < -0.3 is 14.6 Å². The maximum atomic E-state index is 12.5. The van der Waals surface area contributed by atoms with Crippen LogP contribution in [0.5, 0.6) is 0 Å². The highest BCUT2D eigenvalue weighted by Crippen LogP contribution is 2.38. The van der Waals surface area contributed by atoms with E-state index in [-0.39, 0.29) is 11.8 Å². The summed E-state index contributed by atoms with van der Waals surface area (Å²) in [6.07, 6.45) is 14.3. The Kier molecular flexibility index (Phi) is 11.8. The zero-order chi connectivity index (χ0) is 23.3. The van der Waals surface area contributed by atoms with E-state index in [1.54, 1.807) is 0 Å². The maximum Gasteiger partial charge on any atom is 0.332 e. The largest absolute Gasteiger partial charge is 0.479 e. The molecule has 0 radical (unpaired) electrons. The summed E-state index contributed by atoms with van der Waals surface area (Å²) in [6.45, 7) is 6.85. The summed E-state index contributed by atoms with van der Waals surface area (Å²) in [5.74, 6) is 6.53. The van der Waals surface area contributed by atoms with Crippen molar-refractivity contribution in [3.05, 3.63) is 24.3 Å². The molecule has 1 aliphatic heterocycles. The molecule has 0 spiro atoms. The summed E-state index contributed by atoms with van der Waals surface area (Å²) >= 11 is 0. The average molecular weight is 445 g/mol. The minimum Gasteiger partial charge on any atom is -0.479 e. The van der Waals surface area contributed by atoms with Crippen LogP contribution in [0.2, 0.25) is 0 Å². The highest BCUT2D eigenvalue weighted by atomic mass is 16.7. The van der Waals surface area contributed by atoms with Crippen molar-refractivity contribution in [2.75, 3.05) is 6.61 Å². The lowest BCUT2D eigenvalue weighted by molar-refractivity contribution is -0.201. The molecular formula is C27H40O5. The number of ether oxygens (including phenoxy) is 2. The fraction of sp³-hybridized carbons (Fsp3) is 0.704. The molecule has 32 heavy (non-hydrogen) atoms. The molecular weight excluding hydrogens is 404 g/mol. The van der Waals surface area contributed by atoms with Gasteiger partial charge in [-0.15, -0.1) is 11.8 Å². The Morgan fingerprint density at radius 2 is 2.12 bits per heavy atom. The minimum atomic E-state index is -0.948. The first-order valence-corrected chi connectivity index (χ1v) is 12.2. The zero-order valence-corrected chi connectivity index (χ0v) is 19.9. The van der Waals surface area contributed by atoms with Gasteiger partial charge in [-0.3, -0.25) is 4.79 Å². The van der Waals surface area contributed by atoms with Gasteiger partial charge in [0.1, 0.15) is 5.78 Å². The van der Waals surface area contributed by atoms with Crippen molar-refractivity contribution in [1.82, 2.24) is 0 Å². The second-order valence-corrected chi connectivity index (χ2v) is 9.20.